The number of fused-ring (bicyclic) bond motifs is 1. The van der Waals surface area contributed by atoms with Crippen LogP contribution in [0, 0.1) is 11.3 Å². The van der Waals surface area contributed by atoms with Crippen LogP contribution in [0.25, 0.3) is 0 Å². The van der Waals surface area contributed by atoms with Gasteiger partial charge in [-0.25, -0.2) is 0 Å². The fourth-order valence-electron chi connectivity index (χ4n) is 2.13. The number of esters is 1. The summed E-state index contributed by atoms with van der Waals surface area (Å²) in [6.07, 6.45) is 1.17. The molecule has 2 aliphatic carbocycles. The van der Waals surface area contributed by atoms with E-state index < -0.39 is 5.60 Å². The monoisotopic (exact) mass is 184 g/mol. The molecule has 2 aliphatic rings. The highest BCUT2D eigenvalue weighted by molar-refractivity contribution is 5.83. The van der Waals surface area contributed by atoms with Gasteiger partial charge in [0.15, 0.2) is 0 Å². The average Bonchev–Trinajstić information content (AvgIpc) is 2.53. The maximum atomic E-state index is 11.6. The van der Waals surface area contributed by atoms with Gasteiger partial charge < -0.3 is 9.84 Å². The SMILES string of the molecule is CC(C)(C)OC(=O)[C@]12C[C@@H](O)[C@H]1C2. The van der Waals surface area contributed by atoms with Gasteiger partial charge in [-0.1, -0.05) is 0 Å². The number of carbonyl (C=O) groups is 1. The highest BCUT2D eigenvalue weighted by Gasteiger charge is 2.72. The fourth-order valence-corrected chi connectivity index (χ4v) is 2.13. The normalized spacial score (nSPS) is 41.8. The van der Waals surface area contributed by atoms with Crippen LogP contribution >= 0.6 is 0 Å². The molecule has 0 saturated heterocycles. The molecule has 2 saturated carbocycles. The van der Waals surface area contributed by atoms with Crippen molar-refractivity contribution < 1.29 is 14.6 Å². The topological polar surface area (TPSA) is 46.5 Å². The number of carbonyl (C=O) groups excluding carboxylic acids is 1. The molecule has 0 radical (unpaired) electrons. The second-order valence-corrected chi connectivity index (χ2v) is 5.24. The van der Waals surface area contributed by atoms with Crippen molar-refractivity contribution in [1.29, 1.82) is 0 Å². The Hall–Kier alpha value is -0.570. The summed E-state index contributed by atoms with van der Waals surface area (Å²) < 4.78 is 5.28. The van der Waals surface area contributed by atoms with Gasteiger partial charge in [-0.2, -0.15) is 0 Å². The van der Waals surface area contributed by atoms with Gasteiger partial charge in [-0.15, -0.1) is 0 Å². The van der Waals surface area contributed by atoms with Crippen molar-refractivity contribution in [2.75, 3.05) is 0 Å². The number of hydrogen-bond donors (Lipinski definition) is 1. The van der Waals surface area contributed by atoms with E-state index in [1.807, 2.05) is 20.8 Å². The van der Waals surface area contributed by atoms with Gasteiger partial charge in [-0.05, 0) is 33.6 Å². The van der Waals surface area contributed by atoms with Crippen LogP contribution < -0.4 is 0 Å². The first-order valence-corrected chi connectivity index (χ1v) is 4.77. The van der Waals surface area contributed by atoms with E-state index in [0.29, 0.717) is 6.42 Å². The third-order valence-corrected chi connectivity index (χ3v) is 2.98. The maximum absolute atomic E-state index is 11.6. The Morgan fingerprint density at radius 1 is 1.46 bits per heavy atom. The molecule has 1 N–H and O–H groups in total. The fraction of sp³-hybridized carbons (Fsp3) is 0.900. The molecule has 13 heavy (non-hydrogen) atoms. The second kappa shape index (κ2) is 2.27. The minimum absolute atomic E-state index is 0.115. The van der Waals surface area contributed by atoms with E-state index in [2.05, 4.69) is 0 Å². The largest absolute Gasteiger partial charge is 0.460 e. The Labute approximate surface area is 78.1 Å². The minimum Gasteiger partial charge on any atom is -0.460 e. The summed E-state index contributed by atoms with van der Waals surface area (Å²) in [4.78, 5) is 11.6. The third kappa shape index (κ3) is 1.26. The molecule has 0 aliphatic heterocycles. The molecular formula is C10H16O3. The molecule has 0 unspecified atom stereocenters. The number of aliphatic hydroxyl groups excluding tert-OH is 1. The van der Waals surface area contributed by atoms with E-state index in [0.717, 1.165) is 6.42 Å². The highest BCUT2D eigenvalue weighted by atomic mass is 16.6. The average molecular weight is 184 g/mol. The van der Waals surface area contributed by atoms with E-state index in [1.165, 1.54) is 0 Å². The van der Waals surface area contributed by atoms with E-state index in [-0.39, 0.29) is 23.4 Å². The number of rotatable bonds is 1. The zero-order valence-electron chi connectivity index (χ0n) is 8.33. The predicted molar refractivity (Wildman–Crippen MR) is 47.0 cm³/mol. The number of hydrogen-bond acceptors (Lipinski definition) is 3. The van der Waals surface area contributed by atoms with Crippen molar-refractivity contribution in [3.63, 3.8) is 0 Å². The Kier molecular flexibility index (Phi) is 1.57. The van der Waals surface area contributed by atoms with Crippen LogP contribution in [0.3, 0.4) is 0 Å². The Bertz CT molecular complexity index is 253. The van der Waals surface area contributed by atoms with Gasteiger partial charge in [0.2, 0.25) is 0 Å². The van der Waals surface area contributed by atoms with E-state index in [4.69, 9.17) is 4.74 Å². The van der Waals surface area contributed by atoms with Gasteiger partial charge in [-0.3, -0.25) is 4.79 Å². The lowest BCUT2D eigenvalue weighted by molar-refractivity contribution is -0.169. The van der Waals surface area contributed by atoms with Crippen molar-refractivity contribution >= 4 is 5.97 Å². The van der Waals surface area contributed by atoms with Crippen molar-refractivity contribution in [3.05, 3.63) is 0 Å². The van der Waals surface area contributed by atoms with Gasteiger partial charge in [0.1, 0.15) is 5.60 Å². The lowest BCUT2D eigenvalue weighted by Gasteiger charge is -2.31. The first-order chi connectivity index (χ1) is 5.85. The molecule has 0 amide bonds. The molecule has 3 nitrogen and oxygen atoms in total. The Balaban J connectivity index is 1.94. The molecule has 0 heterocycles. The first kappa shape index (κ1) is 9.00. The zero-order chi connectivity index (χ0) is 9.85. The maximum Gasteiger partial charge on any atom is 0.313 e. The summed E-state index contributed by atoms with van der Waals surface area (Å²) in [5.41, 5.74) is -0.688. The first-order valence-electron chi connectivity index (χ1n) is 4.77. The molecular weight excluding hydrogens is 168 g/mol. The summed E-state index contributed by atoms with van der Waals surface area (Å²) >= 11 is 0. The molecule has 3 heteroatoms. The summed E-state index contributed by atoms with van der Waals surface area (Å²) in [6, 6.07) is 0. The van der Waals surface area contributed by atoms with Crippen LogP contribution in [0.1, 0.15) is 33.6 Å². The lowest BCUT2D eigenvalue weighted by atomic mass is 9.82. The van der Waals surface area contributed by atoms with E-state index in [1.54, 1.807) is 0 Å². The van der Waals surface area contributed by atoms with Crippen molar-refractivity contribution in [1.82, 2.24) is 0 Å². The van der Waals surface area contributed by atoms with Crippen LogP contribution in [0.5, 0.6) is 0 Å². The van der Waals surface area contributed by atoms with Gasteiger partial charge in [0.05, 0.1) is 11.5 Å². The number of aliphatic hydroxyl groups is 1. The molecule has 0 aromatic rings. The molecule has 2 fully saturated rings. The van der Waals surface area contributed by atoms with Crippen LogP contribution in [0.2, 0.25) is 0 Å². The quantitative estimate of drug-likeness (QED) is 0.621. The van der Waals surface area contributed by atoms with Crippen molar-refractivity contribution in [2.45, 2.75) is 45.3 Å². The Morgan fingerprint density at radius 3 is 2.38 bits per heavy atom. The molecule has 0 aromatic carbocycles. The Morgan fingerprint density at radius 2 is 2.08 bits per heavy atom. The standard InChI is InChI=1S/C10H16O3/c1-9(2,3)13-8(12)10-4-6(10)7(11)5-10/h6-7,11H,4-5H2,1-3H3/t6-,7-,10-/m1/s1. The van der Waals surface area contributed by atoms with Crippen LogP contribution in [0.15, 0.2) is 0 Å². The van der Waals surface area contributed by atoms with Crippen LogP contribution in [-0.2, 0) is 9.53 Å². The summed E-state index contributed by atoms with van der Waals surface area (Å²) in [6.45, 7) is 5.61. The summed E-state index contributed by atoms with van der Waals surface area (Å²) in [5.74, 6) is 0.0812. The van der Waals surface area contributed by atoms with Crippen LogP contribution in [-0.4, -0.2) is 22.8 Å². The minimum atomic E-state index is -0.403. The molecule has 3 atom stereocenters. The van der Waals surface area contributed by atoms with Crippen molar-refractivity contribution in [3.8, 4) is 0 Å². The third-order valence-electron chi connectivity index (χ3n) is 2.98. The number of ether oxygens (including phenoxy) is 1. The van der Waals surface area contributed by atoms with E-state index in [9.17, 15) is 9.90 Å². The van der Waals surface area contributed by atoms with Gasteiger partial charge in [0, 0.05) is 5.92 Å². The molecule has 0 spiro atoms. The molecule has 2 rings (SSSR count). The molecule has 0 aromatic heterocycles. The summed E-state index contributed by atoms with van der Waals surface area (Å²) in [5, 5.41) is 9.26. The van der Waals surface area contributed by atoms with Gasteiger partial charge >= 0.3 is 5.97 Å². The van der Waals surface area contributed by atoms with Gasteiger partial charge in [0.25, 0.3) is 0 Å². The molecule has 0 bridgehead atoms. The second-order valence-electron chi connectivity index (χ2n) is 5.24. The summed E-state index contributed by atoms with van der Waals surface area (Å²) in [7, 11) is 0. The predicted octanol–water partition coefficient (Wildman–Crippen LogP) is 1.10. The zero-order valence-corrected chi connectivity index (χ0v) is 8.33. The van der Waals surface area contributed by atoms with E-state index >= 15 is 0 Å². The smallest absolute Gasteiger partial charge is 0.313 e. The van der Waals surface area contributed by atoms with Crippen LogP contribution in [0.4, 0.5) is 0 Å². The highest BCUT2D eigenvalue weighted by Crippen LogP contribution is 2.68. The lowest BCUT2D eigenvalue weighted by Crippen LogP contribution is -2.40. The van der Waals surface area contributed by atoms with Crippen molar-refractivity contribution in [2.24, 2.45) is 11.3 Å². The molecule has 74 valence electrons.